The summed E-state index contributed by atoms with van der Waals surface area (Å²) in [4.78, 5) is 37.8. The number of rotatable bonds is 8. The zero-order valence-electron chi connectivity index (χ0n) is 23.4. The number of hydrogen-bond donors (Lipinski definition) is 2. The molecule has 1 atom stereocenters. The summed E-state index contributed by atoms with van der Waals surface area (Å²) in [5.74, 6) is -1.92. The minimum absolute atomic E-state index is 0.0131. The summed E-state index contributed by atoms with van der Waals surface area (Å²) >= 11 is 0. The van der Waals surface area contributed by atoms with Gasteiger partial charge in [0.2, 0.25) is 16.0 Å². The molecular formula is C25H31F3N8O5S. The number of hydrogen-bond acceptors (Lipinski definition) is 9. The van der Waals surface area contributed by atoms with Crippen LogP contribution in [0.25, 0.3) is 10.9 Å². The van der Waals surface area contributed by atoms with E-state index in [-0.39, 0.29) is 53.6 Å². The average molecular weight is 613 g/mol. The van der Waals surface area contributed by atoms with E-state index in [1.807, 2.05) is 0 Å². The Labute approximate surface area is 239 Å². The first kappa shape index (κ1) is 29.8. The smallest absolute Gasteiger partial charge is 0.366 e. The Morgan fingerprint density at radius 2 is 1.95 bits per heavy atom. The van der Waals surface area contributed by atoms with Crippen molar-refractivity contribution in [3.05, 3.63) is 40.4 Å². The van der Waals surface area contributed by atoms with Crippen molar-refractivity contribution in [3.8, 4) is 0 Å². The first-order valence-corrected chi connectivity index (χ1v) is 14.6. The van der Waals surface area contributed by atoms with Crippen molar-refractivity contribution in [3.63, 3.8) is 0 Å². The van der Waals surface area contributed by atoms with Gasteiger partial charge >= 0.3 is 12.1 Å². The first-order chi connectivity index (χ1) is 19.6. The molecule has 5 rings (SSSR count). The number of carbonyl (C=O) groups is 1. The number of sulfonamides is 1. The lowest BCUT2D eigenvalue weighted by Gasteiger charge is -2.41. The van der Waals surface area contributed by atoms with Crippen molar-refractivity contribution in [2.24, 2.45) is 7.05 Å². The molecule has 0 unspecified atom stereocenters. The molecule has 3 aromatic rings. The lowest BCUT2D eigenvalue weighted by molar-refractivity contribution is -0.187. The van der Waals surface area contributed by atoms with Gasteiger partial charge in [-0.05, 0) is 38.8 Å². The molecule has 2 aromatic heterocycles. The number of carbonyl (C=O) groups excluding carboxylic acids is 1. The van der Waals surface area contributed by atoms with E-state index in [2.05, 4.69) is 20.3 Å². The minimum Gasteiger partial charge on any atom is -0.366 e. The summed E-state index contributed by atoms with van der Waals surface area (Å²) < 4.78 is 71.9. The third-order valence-corrected chi connectivity index (χ3v) is 9.09. The molecule has 42 heavy (non-hydrogen) atoms. The van der Waals surface area contributed by atoms with Gasteiger partial charge < -0.3 is 9.80 Å². The summed E-state index contributed by atoms with van der Waals surface area (Å²) in [6.07, 6.45) is -0.426. The molecular weight excluding hydrogens is 581 g/mol. The Bertz CT molecular complexity index is 1700. The lowest BCUT2D eigenvalue weighted by atomic mass is 10.1. The molecule has 1 saturated carbocycles. The van der Waals surface area contributed by atoms with Crippen LogP contribution in [-0.2, 0) is 33.2 Å². The van der Waals surface area contributed by atoms with E-state index < -0.39 is 39.2 Å². The van der Waals surface area contributed by atoms with Gasteiger partial charge in [0.25, 0.3) is 5.56 Å². The molecule has 1 aliphatic heterocycles. The number of fused-ring (bicyclic) bond motifs is 1. The number of aryl methyl sites for hydroxylation is 1. The summed E-state index contributed by atoms with van der Waals surface area (Å²) in [6, 6.07) is 1.75. The number of alkyl halides is 3. The summed E-state index contributed by atoms with van der Waals surface area (Å²) in [7, 11) is -1.03. The van der Waals surface area contributed by atoms with Crippen LogP contribution in [0, 0.1) is 0 Å². The van der Waals surface area contributed by atoms with Gasteiger partial charge in [0.1, 0.15) is 5.52 Å². The number of aromatic nitrogens is 4. The average Bonchev–Trinajstić information content (AvgIpc) is 3.47. The van der Waals surface area contributed by atoms with Crippen LogP contribution in [0.3, 0.4) is 0 Å². The predicted molar refractivity (Wildman–Crippen MR) is 146 cm³/mol. The molecule has 2 fully saturated rings. The molecule has 3 heterocycles. The second kappa shape index (κ2) is 10.5. The summed E-state index contributed by atoms with van der Waals surface area (Å²) in [5.41, 5.74) is 2.45. The van der Waals surface area contributed by atoms with Crippen LogP contribution < -0.4 is 20.7 Å². The maximum absolute atomic E-state index is 14.0. The van der Waals surface area contributed by atoms with E-state index in [4.69, 9.17) is 4.84 Å². The van der Waals surface area contributed by atoms with E-state index in [0.717, 1.165) is 4.90 Å². The lowest BCUT2D eigenvalue weighted by Crippen LogP contribution is -2.57. The van der Waals surface area contributed by atoms with E-state index in [9.17, 15) is 31.2 Å². The maximum Gasteiger partial charge on any atom is 0.471 e. The molecule has 2 aliphatic rings. The van der Waals surface area contributed by atoms with Crippen LogP contribution in [0.15, 0.2) is 34.2 Å². The fraction of sp³-hybridized carbons (Fsp3) is 0.520. The Kier molecular flexibility index (Phi) is 7.47. The van der Waals surface area contributed by atoms with Gasteiger partial charge in [-0.3, -0.25) is 23.7 Å². The number of piperazine rings is 1. The van der Waals surface area contributed by atoms with Crippen molar-refractivity contribution in [2.75, 3.05) is 37.1 Å². The number of halogens is 3. The Morgan fingerprint density at radius 1 is 1.24 bits per heavy atom. The fourth-order valence-corrected chi connectivity index (χ4v) is 6.55. The first-order valence-electron chi connectivity index (χ1n) is 13.1. The molecule has 0 spiro atoms. The van der Waals surface area contributed by atoms with E-state index in [1.54, 1.807) is 35.9 Å². The largest absolute Gasteiger partial charge is 0.471 e. The second-order valence-electron chi connectivity index (χ2n) is 11.0. The van der Waals surface area contributed by atoms with Crippen molar-refractivity contribution in [1.82, 2.24) is 29.0 Å². The van der Waals surface area contributed by atoms with E-state index in [1.165, 1.54) is 30.7 Å². The highest BCUT2D eigenvalue weighted by Crippen LogP contribution is 2.37. The molecule has 228 valence electrons. The number of anilines is 2. The topological polar surface area (TPSA) is 144 Å². The van der Waals surface area contributed by atoms with Gasteiger partial charge in [0.15, 0.2) is 0 Å². The third-order valence-electron chi connectivity index (χ3n) is 7.47. The number of amides is 1. The number of benzene rings is 1. The monoisotopic (exact) mass is 612 g/mol. The van der Waals surface area contributed by atoms with Crippen molar-refractivity contribution in [1.29, 1.82) is 0 Å². The summed E-state index contributed by atoms with van der Waals surface area (Å²) in [5, 5.41) is 4.11. The molecule has 1 aliphatic carbocycles. The zero-order chi connectivity index (χ0) is 30.6. The van der Waals surface area contributed by atoms with Gasteiger partial charge in [-0.25, -0.2) is 23.6 Å². The van der Waals surface area contributed by atoms with Gasteiger partial charge in [0.05, 0.1) is 35.8 Å². The third kappa shape index (κ3) is 5.80. The van der Waals surface area contributed by atoms with Gasteiger partial charge in [-0.15, -0.1) is 0 Å². The zero-order valence-corrected chi connectivity index (χ0v) is 24.2. The van der Waals surface area contributed by atoms with Gasteiger partial charge in [0, 0.05) is 50.0 Å². The molecule has 1 amide bonds. The SMILES string of the molecule is CONc1nc2c(N3CCN(C(=O)C(F)(F)F)[C@H](C)C3)cc(S(=O)(=O)NC3(C)CC3)cc2c(=O)n1Cc1cnn(C)c1. The highest BCUT2D eigenvalue weighted by atomic mass is 32.2. The van der Waals surface area contributed by atoms with Crippen LogP contribution in [0.2, 0.25) is 0 Å². The van der Waals surface area contributed by atoms with Gasteiger partial charge in [-0.1, -0.05) is 0 Å². The van der Waals surface area contributed by atoms with Crippen LogP contribution in [0.5, 0.6) is 0 Å². The molecule has 0 radical (unpaired) electrons. The molecule has 1 aromatic carbocycles. The Morgan fingerprint density at radius 3 is 2.52 bits per heavy atom. The Hall–Kier alpha value is -3.70. The molecule has 2 N–H and O–H groups in total. The predicted octanol–water partition coefficient (Wildman–Crippen LogP) is 1.58. The normalized spacial score (nSPS) is 18.9. The van der Waals surface area contributed by atoms with Crippen LogP contribution in [0.4, 0.5) is 24.8 Å². The highest BCUT2D eigenvalue weighted by molar-refractivity contribution is 7.89. The number of nitrogens with one attached hydrogen (secondary N) is 2. The highest BCUT2D eigenvalue weighted by Gasteiger charge is 2.45. The van der Waals surface area contributed by atoms with Crippen molar-refractivity contribution < 1.29 is 31.2 Å². The Balaban J connectivity index is 1.65. The minimum atomic E-state index is -5.02. The maximum atomic E-state index is 14.0. The quantitative estimate of drug-likeness (QED) is 0.363. The van der Waals surface area contributed by atoms with Crippen LogP contribution in [-0.4, -0.2) is 83.1 Å². The van der Waals surface area contributed by atoms with Gasteiger partial charge in [-0.2, -0.15) is 18.3 Å². The van der Waals surface area contributed by atoms with Crippen LogP contribution >= 0.6 is 0 Å². The molecule has 1 saturated heterocycles. The fourth-order valence-electron chi connectivity index (χ4n) is 5.04. The number of nitrogens with zero attached hydrogens (tertiary/aromatic N) is 6. The molecule has 13 nitrogen and oxygen atoms in total. The van der Waals surface area contributed by atoms with Crippen molar-refractivity contribution in [2.45, 2.75) is 55.9 Å². The summed E-state index contributed by atoms with van der Waals surface area (Å²) in [6.45, 7) is 2.91. The van der Waals surface area contributed by atoms with E-state index >= 15 is 0 Å². The second-order valence-corrected chi connectivity index (χ2v) is 12.6. The molecule has 17 heteroatoms. The molecule has 0 bridgehead atoms. The standard InChI is InChI=1S/C25H31F3N8O5S/c1-15-12-34(7-8-35(15)22(38)25(26,27)28)19-10-17(42(39,40)32-24(2)5-6-24)9-18-20(19)30-23(31-41-4)36(21(18)37)14-16-11-29-33(3)13-16/h9-11,13,15,32H,5-8,12,14H2,1-4H3,(H,30,31)/t15-/m1/s1. The van der Waals surface area contributed by atoms with E-state index in [0.29, 0.717) is 18.4 Å². The van der Waals surface area contributed by atoms with Crippen molar-refractivity contribution >= 4 is 38.5 Å². The van der Waals surface area contributed by atoms with Crippen LogP contribution in [0.1, 0.15) is 32.3 Å².